The van der Waals surface area contributed by atoms with Gasteiger partial charge in [0.05, 0.1) is 9.82 Å². The Bertz CT molecular complexity index is 724. The molecule has 0 aliphatic heterocycles. The van der Waals surface area contributed by atoms with E-state index in [9.17, 15) is 18.5 Å². The van der Waals surface area contributed by atoms with Gasteiger partial charge in [-0.15, -0.1) is 11.3 Å². The van der Waals surface area contributed by atoms with Crippen LogP contribution in [-0.2, 0) is 16.4 Å². The monoisotopic (exact) mass is 312 g/mol. The fourth-order valence-corrected chi connectivity index (χ4v) is 2.92. The van der Waals surface area contributed by atoms with Crippen LogP contribution in [0.5, 0.6) is 0 Å². The summed E-state index contributed by atoms with van der Waals surface area (Å²) < 4.78 is 22.8. The molecule has 1 aromatic heterocycles. The predicted molar refractivity (Wildman–Crippen MR) is 77.9 cm³/mol. The first-order chi connectivity index (χ1) is 9.38. The molecule has 2 aromatic rings. The first-order valence-electron chi connectivity index (χ1n) is 5.62. The highest BCUT2D eigenvalue weighted by atomic mass is 32.2. The molecule has 20 heavy (non-hydrogen) atoms. The second kappa shape index (κ2) is 5.59. The number of benzene rings is 1. The molecule has 0 spiro atoms. The fourth-order valence-electron chi connectivity index (χ4n) is 1.64. The maximum absolute atomic E-state index is 11.4. The summed E-state index contributed by atoms with van der Waals surface area (Å²) in [5.41, 5.74) is 0.0558. The molecule has 0 saturated heterocycles. The summed E-state index contributed by atoms with van der Waals surface area (Å²) in [6, 6.07) is 7.66. The Morgan fingerprint density at radius 1 is 1.35 bits per heavy atom. The minimum absolute atomic E-state index is 0.0640. The number of sulfone groups is 1. The molecule has 0 aliphatic carbocycles. The Balaban J connectivity index is 2.31. The van der Waals surface area contributed by atoms with E-state index in [4.69, 9.17) is 0 Å². The van der Waals surface area contributed by atoms with Gasteiger partial charge in [0.15, 0.2) is 9.84 Å². The van der Waals surface area contributed by atoms with Crippen molar-refractivity contribution in [1.29, 1.82) is 0 Å². The summed E-state index contributed by atoms with van der Waals surface area (Å²) in [4.78, 5) is 11.4. The van der Waals surface area contributed by atoms with Crippen LogP contribution in [0, 0.1) is 10.1 Å². The van der Waals surface area contributed by atoms with E-state index < -0.39 is 14.8 Å². The van der Waals surface area contributed by atoms with Gasteiger partial charge in [-0.3, -0.25) is 10.1 Å². The lowest BCUT2D eigenvalue weighted by atomic mass is 10.2. The Labute approximate surface area is 120 Å². The summed E-state index contributed by atoms with van der Waals surface area (Å²) in [5, 5.41) is 15.9. The number of nitrogens with zero attached hydrogens (tertiary/aromatic N) is 1. The normalized spacial score (nSPS) is 11.2. The molecular weight excluding hydrogens is 300 g/mol. The minimum atomic E-state index is -3.46. The molecule has 1 heterocycles. The van der Waals surface area contributed by atoms with Crippen molar-refractivity contribution in [3.63, 3.8) is 0 Å². The van der Waals surface area contributed by atoms with Gasteiger partial charge >= 0.3 is 0 Å². The van der Waals surface area contributed by atoms with E-state index >= 15 is 0 Å². The van der Waals surface area contributed by atoms with Gasteiger partial charge in [0, 0.05) is 23.7 Å². The molecule has 6 nitrogen and oxygen atoms in total. The van der Waals surface area contributed by atoms with E-state index in [1.807, 2.05) is 17.5 Å². The third kappa shape index (κ3) is 3.34. The number of anilines is 1. The quantitative estimate of drug-likeness (QED) is 0.677. The SMILES string of the molecule is CS(=O)(=O)c1ccc(NCc2cccs2)c([N+](=O)[O-])c1. The van der Waals surface area contributed by atoms with Gasteiger partial charge in [-0.05, 0) is 23.6 Å². The van der Waals surface area contributed by atoms with E-state index in [0.717, 1.165) is 17.2 Å². The maximum atomic E-state index is 11.4. The van der Waals surface area contributed by atoms with Crippen LogP contribution in [0.4, 0.5) is 11.4 Å². The molecule has 2 rings (SSSR count). The van der Waals surface area contributed by atoms with Crippen LogP contribution in [0.1, 0.15) is 4.88 Å². The molecule has 0 amide bonds. The average molecular weight is 312 g/mol. The topological polar surface area (TPSA) is 89.3 Å². The number of nitrogens with one attached hydrogen (secondary N) is 1. The summed E-state index contributed by atoms with van der Waals surface area (Å²) in [7, 11) is -3.46. The Hall–Kier alpha value is -1.93. The summed E-state index contributed by atoms with van der Waals surface area (Å²) in [6.45, 7) is 0.455. The third-order valence-corrected chi connectivity index (χ3v) is 4.61. The highest BCUT2D eigenvalue weighted by molar-refractivity contribution is 7.90. The number of hydrogen-bond donors (Lipinski definition) is 1. The lowest BCUT2D eigenvalue weighted by Crippen LogP contribution is -2.04. The van der Waals surface area contributed by atoms with Crippen LogP contribution in [-0.4, -0.2) is 19.6 Å². The van der Waals surface area contributed by atoms with Gasteiger partial charge in [-0.25, -0.2) is 8.42 Å². The van der Waals surface area contributed by atoms with Crippen molar-refractivity contribution in [2.45, 2.75) is 11.4 Å². The molecule has 0 atom stereocenters. The second-order valence-electron chi connectivity index (χ2n) is 4.14. The average Bonchev–Trinajstić information content (AvgIpc) is 2.88. The van der Waals surface area contributed by atoms with E-state index in [1.165, 1.54) is 23.5 Å². The molecule has 8 heteroatoms. The van der Waals surface area contributed by atoms with Crippen LogP contribution in [0.25, 0.3) is 0 Å². The standard InChI is InChI=1S/C12H12N2O4S2/c1-20(17,18)10-4-5-11(12(7-10)14(15)16)13-8-9-3-2-6-19-9/h2-7,13H,8H2,1H3. The molecule has 0 saturated carbocycles. The lowest BCUT2D eigenvalue weighted by molar-refractivity contribution is -0.384. The van der Waals surface area contributed by atoms with Gasteiger partial charge in [-0.2, -0.15) is 0 Å². The molecule has 0 bridgehead atoms. The smallest absolute Gasteiger partial charge is 0.293 e. The molecule has 106 valence electrons. The predicted octanol–water partition coefficient (Wildman–Crippen LogP) is 2.67. The molecule has 0 radical (unpaired) electrons. The summed E-state index contributed by atoms with van der Waals surface area (Å²) in [5.74, 6) is 0. The highest BCUT2D eigenvalue weighted by Gasteiger charge is 2.18. The largest absolute Gasteiger partial charge is 0.375 e. The Morgan fingerprint density at radius 3 is 2.65 bits per heavy atom. The zero-order valence-corrected chi connectivity index (χ0v) is 12.2. The van der Waals surface area contributed by atoms with Gasteiger partial charge < -0.3 is 5.32 Å². The highest BCUT2D eigenvalue weighted by Crippen LogP contribution is 2.28. The number of nitro groups is 1. The van der Waals surface area contributed by atoms with Crippen LogP contribution >= 0.6 is 11.3 Å². The summed E-state index contributed by atoms with van der Waals surface area (Å²) in [6.07, 6.45) is 1.02. The minimum Gasteiger partial charge on any atom is -0.375 e. The van der Waals surface area contributed by atoms with Crippen molar-refractivity contribution in [3.05, 3.63) is 50.7 Å². The zero-order chi connectivity index (χ0) is 14.8. The van der Waals surface area contributed by atoms with Crippen LogP contribution in [0.3, 0.4) is 0 Å². The zero-order valence-electron chi connectivity index (χ0n) is 10.6. The van der Waals surface area contributed by atoms with E-state index in [2.05, 4.69) is 5.32 Å². The molecule has 1 aromatic carbocycles. The molecule has 1 N–H and O–H groups in total. The third-order valence-electron chi connectivity index (χ3n) is 2.63. The van der Waals surface area contributed by atoms with Crippen molar-refractivity contribution in [3.8, 4) is 0 Å². The molecule has 0 fully saturated rings. The molecular formula is C12H12N2O4S2. The van der Waals surface area contributed by atoms with E-state index in [0.29, 0.717) is 12.2 Å². The van der Waals surface area contributed by atoms with Crippen LogP contribution in [0.15, 0.2) is 40.6 Å². The molecule has 0 aliphatic rings. The first-order valence-corrected chi connectivity index (χ1v) is 8.40. The number of thiophene rings is 1. The van der Waals surface area contributed by atoms with Gasteiger partial charge in [0.1, 0.15) is 5.69 Å². The first kappa shape index (κ1) is 14.5. The van der Waals surface area contributed by atoms with Crippen molar-refractivity contribution in [1.82, 2.24) is 0 Å². The Morgan fingerprint density at radius 2 is 2.10 bits per heavy atom. The lowest BCUT2D eigenvalue weighted by Gasteiger charge is -2.07. The van der Waals surface area contributed by atoms with Crippen molar-refractivity contribution < 1.29 is 13.3 Å². The van der Waals surface area contributed by atoms with Crippen molar-refractivity contribution in [2.75, 3.05) is 11.6 Å². The van der Waals surface area contributed by atoms with Gasteiger partial charge in [0.25, 0.3) is 5.69 Å². The van der Waals surface area contributed by atoms with E-state index in [-0.39, 0.29) is 10.6 Å². The molecule has 0 unspecified atom stereocenters. The number of hydrogen-bond acceptors (Lipinski definition) is 6. The summed E-state index contributed by atoms with van der Waals surface area (Å²) >= 11 is 1.54. The van der Waals surface area contributed by atoms with Crippen LogP contribution in [0.2, 0.25) is 0 Å². The Kier molecular flexibility index (Phi) is 4.05. The number of nitro benzene ring substituents is 1. The van der Waals surface area contributed by atoms with Crippen molar-refractivity contribution in [2.24, 2.45) is 0 Å². The van der Waals surface area contributed by atoms with Gasteiger partial charge in [0.2, 0.25) is 0 Å². The number of rotatable bonds is 5. The van der Waals surface area contributed by atoms with Crippen molar-refractivity contribution >= 4 is 32.5 Å². The fraction of sp³-hybridized carbons (Fsp3) is 0.167. The second-order valence-corrected chi connectivity index (χ2v) is 7.19. The van der Waals surface area contributed by atoms with E-state index in [1.54, 1.807) is 0 Å². The maximum Gasteiger partial charge on any atom is 0.293 e. The van der Waals surface area contributed by atoms with Crippen LogP contribution < -0.4 is 5.32 Å². The van der Waals surface area contributed by atoms with Gasteiger partial charge in [-0.1, -0.05) is 6.07 Å².